The third-order valence-corrected chi connectivity index (χ3v) is 8.54. The summed E-state index contributed by atoms with van der Waals surface area (Å²) in [6.07, 6.45) is -4.57. The Labute approximate surface area is 151 Å². The fourth-order valence-corrected chi connectivity index (χ4v) is 7.54. The van der Waals surface area contributed by atoms with Crippen LogP contribution in [0.5, 0.6) is 0 Å². The van der Waals surface area contributed by atoms with Gasteiger partial charge in [0.25, 0.3) is 15.2 Å². The lowest BCUT2D eigenvalue weighted by Gasteiger charge is -2.08. The summed E-state index contributed by atoms with van der Waals surface area (Å²) in [6, 6.07) is 4.09. The van der Waals surface area contributed by atoms with Crippen molar-refractivity contribution in [3.05, 3.63) is 68.5 Å². The van der Waals surface area contributed by atoms with Gasteiger partial charge in [-0.05, 0) is 18.2 Å². The monoisotopic (exact) mass is 419 g/mol. The van der Waals surface area contributed by atoms with E-state index in [-0.39, 0.29) is 18.8 Å². The molecule has 0 aliphatic carbocycles. The van der Waals surface area contributed by atoms with Gasteiger partial charge in [0.1, 0.15) is 17.1 Å². The molecular formula is C14H4F3NO3S4. The first-order valence-electron chi connectivity index (χ1n) is 6.55. The van der Waals surface area contributed by atoms with Gasteiger partial charge in [-0.3, -0.25) is 14.4 Å². The van der Waals surface area contributed by atoms with Crippen molar-refractivity contribution in [2.24, 2.45) is 0 Å². The highest BCUT2D eigenvalue weighted by Crippen LogP contribution is 2.31. The topological polar surface area (TPSA) is 56.1 Å². The van der Waals surface area contributed by atoms with E-state index in [0.29, 0.717) is 8.03 Å². The standard InChI is InChI=1S/C14H4F3NO3S4/c15-14(16,17)5-2-1-3-6(4-5)18-9(19)7-8(10(18)20)23-12-11(22-7)24-13(21)25-12/h1-4H. The van der Waals surface area contributed by atoms with Crippen LogP contribution in [0, 0.1) is 9.06 Å². The van der Waals surface area contributed by atoms with Crippen LogP contribution in [0.1, 0.15) is 5.56 Å². The van der Waals surface area contributed by atoms with Crippen LogP contribution in [0.25, 0.3) is 13.7 Å². The number of hydrogen-bond acceptors (Lipinski definition) is 7. The minimum atomic E-state index is -4.57. The maximum absolute atomic E-state index is 12.9. The molecule has 0 unspecified atom stereocenters. The van der Waals surface area contributed by atoms with Crippen LogP contribution in [0.2, 0.25) is 0 Å². The Hall–Kier alpha value is -1.82. The number of hydrogen-bond donors (Lipinski definition) is 0. The van der Waals surface area contributed by atoms with Crippen molar-refractivity contribution in [1.29, 1.82) is 0 Å². The Balaban J connectivity index is 2.06. The molecule has 0 amide bonds. The molecule has 0 spiro atoms. The van der Waals surface area contributed by atoms with Gasteiger partial charge in [0.15, 0.2) is 0 Å². The largest absolute Gasteiger partial charge is 0.416 e. The molecule has 0 bridgehead atoms. The third kappa shape index (κ3) is 2.67. The smallest absolute Gasteiger partial charge is 0.267 e. The molecule has 2 aliphatic heterocycles. The predicted octanol–water partition coefficient (Wildman–Crippen LogP) is 3.70. The highest BCUT2D eigenvalue weighted by molar-refractivity contribution is 7.52. The summed E-state index contributed by atoms with van der Waals surface area (Å²) in [4.78, 5) is 36.6. The molecule has 2 aromatic rings. The van der Waals surface area contributed by atoms with Crippen LogP contribution in [0.4, 0.5) is 13.2 Å². The van der Waals surface area contributed by atoms with Crippen LogP contribution < -0.4 is 15.2 Å². The van der Waals surface area contributed by atoms with Gasteiger partial charge >= 0.3 is 6.18 Å². The van der Waals surface area contributed by atoms with Gasteiger partial charge < -0.3 is 0 Å². The van der Waals surface area contributed by atoms with E-state index in [1.807, 2.05) is 0 Å². The van der Waals surface area contributed by atoms with E-state index in [1.165, 1.54) is 6.07 Å². The molecule has 0 radical (unpaired) electrons. The quantitative estimate of drug-likeness (QED) is 0.473. The summed E-state index contributed by atoms with van der Waals surface area (Å²) in [7, 11) is 0. The first-order chi connectivity index (χ1) is 11.8. The van der Waals surface area contributed by atoms with Crippen LogP contribution in [-0.2, 0) is 6.18 Å². The van der Waals surface area contributed by atoms with E-state index >= 15 is 0 Å². The fourth-order valence-electron chi connectivity index (χ4n) is 2.29. The Kier molecular flexibility index (Phi) is 3.72. The van der Waals surface area contributed by atoms with Crippen LogP contribution >= 0.6 is 45.3 Å². The molecule has 4 rings (SSSR count). The Morgan fingerprint density at radius 3 is 1.92 bits per heavy atom. The zero-order valence-electron chi connectivity index (χ0n) is 11.7. The minimum absolute atomic E-state index is 0.128. The van der Waals surface area contributed by atoms with E-state index < -0.39 is 22.9 Å². The van der Waals surface area contributed by atoms with Crippen molar-refractivity contribution in [3.63, 3.8) is 0 Å². The Bertz CT molecular complexity index is 1280. The Morgan fingerprint density at radius 2 is 1.40 bits per heavy atom. The summed E-state index contributed by atoms with van der Waals surface area (Å²) in [5.41, 5.74) is -2.41. The molecule has 0 N–H and O–H groups in total. The van der Waals surface area contributed by atoms with E-state index in [1.54, 1.807) is 0 Å². The minimum Gasteiger partial charge on any atom is -0.267 e. The van der Waals surface area contributed by atoms with Crippen molar-refractivity contribution >= 4 is 53.4 Å². The van der Waals surface area contributed by atoms with E-state index in [0.717, 1.165) is 68.1 Å². The van der Waals surface area contributed by atoms with Gasteiger partial charge in [-0.15, -0.1) is 22.7 Å². The lowest BCUT2D eigenvalue weighted by molar-refractivity contribution is -0.137. The molecular weight excluding hydrogens is 415 g/mol. The lowest BCUT2D eigenvalue weighted by Crippen LogP contribution is -2.24. The second kappa shape index (κ2) is 5.59. The van der Waals surface area contributed by atoms with Gasteiger partial charge in [0, 0.05) is 0 Å². The number of halogens is 3. The molecule has 0 saturated heterocycles. The molecule has 0 saturated carbocycles. The molecule has 128 valence electrons. The van der Waals surface area contributed by atoms with Crippen molar-refractivity contribution in [3.8, 4) is 5.69 Å². The van der Waals surface area contributed by atoms with Gasteiger partial charge in [0.05, 0.1) is 11.3 Å². The maximum Gasteiger partial charge on any atom is 0.416 e. The zero-order chi connectivity index (χ0) is 17.9. The average molecular weight is 419 g/mol. The average Bonchev–Trinajstić information content (AvgIpc) is 3.02. The first-order valence-corrected chi connectivity index (χ1v) is 9.82. The number of aromatic nitrogens is 1. The van der Waals surface area contributed by atoms with Crippen molar-refractivity contribution < 1.29 is 13.2 Å². The normalized spacial score (nSPS) is 12.3. The van der Waals surface area contributed by atoms with E-state index in [9.17, 15) is 27.6 Å². The SMILES string of the molecule is O=c1sc2sc3c(=O)n(-c4cccc(C(F)(F)F)c4)c(=O)c=3sc2s1. The summed E-state index contributed by atoms with van der Waals surface area (Å²) < 4.78 is 40.8. The van der Waals surface area contributed by atoms with E-state index in [2.05, 4.69) is 0 Å². The van der Waals surface area contributed by atoms with Gasteiger partial charge in [-0.25, -0.2) is 4.57 Å². The fraction of sp³-hybridized carbons (Fsp3) is 0.0714. The number of rotatable bonds is 1. The molecule has 0 atom stereocenters. The van der Waals surface area contributed by atoms with Crippen LogP contribution in [0.15, 0.2) is 38.6 Å². The molecule has 2 aliphatic rings. The second-order valence-electron chi connectivity index (χ2n) is 4.89. The van der Waals surface area contributed by atoms with Gasteiger partial charge in [-0.1, -0.05) is 28.7 Å². The molecule has 1 aromatic carbocycles. The van der Waals surface area contributed by atoms with Crippen molar-refractivity contribution in [2.45, 2.75) is 6.18 Å². The summed E-state index contributed by atoms with van der Waals surface area (Å²) in [6.45, 7) is 0. The molecule has 25 heavy (non-hydrogen) atoms. The van der Waals surface area contributed by atoms with Crippen molar-refractivity contribution in [1.82, 2.24) is 4.57 Å². The van der Waals surface area contributed by atoms with Gasteiger partial charge in [0.2, 0.25) is 0 Å². The molecule has 1 aromatic heterocycles. The van der Waals surface area contributed by atoms with Crippen molar-refractivity contribution in [2.75, 3.05) is 0 Å². The number of nitrogens with zero attached hydrogens (tertiary/aromatic N) is 1. The summed E-state index contributed by atoms with van der Waals surface area (Å²) in [5, 5.41) is 0. The van der Waals surface area contributed by atoms with Crippen LogP contribution in [-0.4, -0.2) is 4.57 Å². The van der Waals surface area contributed by atoms with E-state index in [4.69, 9.17) is 0 Å². The first kappa shape index (κ1) is 16.6. The number of alkyl halides is 3. The highest BCUT2D eigenvalue weighted by atomic mass is 32.2. The third-order valence-electron chi connectivity index (χ3n) is 3.34. The second-order valence-corrected chi connectivity index (χ2v) is 9.67. The molecule has 3 heterocycles. The number of benzene rings is 1. The molecule has 4 nitrogen and oxygen atoms in total. The number of fused-ring (bicyclic) bond motifs is 1. The van der Waals surface area contributed by atoms with Crippen LogP contribution in [0.3, 0.4) is 0 Å². The summed E-state index contributed by atoms with van der Waals surface area (Å²) in [5.74, 6) is 0. The highest BCUT2D eigenvalue weighted by Gasteiger charge is 2.31. The maximum atomic E-state index is 12.9. The summed E-state index contributed by atoms with van der Waals surface area (Å²) >= 11 is 4.01. The lowest BCUT2D eigenvalue weighted by atomic mass is 10.2. The predicted molar refractivity (Wildman–Crippen MR) is 93.9 cm³/mol. The molecule has 11 heteroatoms. The zero-order valence-corrected chi connectivity index (χ0v) is 15.0. The van der Waals surface area contributed by atoms with Gasteiger partial charge in [-0.2, -0.15) is 13.2 Å². The Morgan fingerprint density at radius 1 is 0.840 bits per heavy atom. The molecule has 0 fully saturated rings.